The molecule has 24 heavy (non-hydrogen) atoms. The van der Waals surface area contributed by atoms with Crippen LogP contribution in [0.1, 0.15) is 25.7 Å². The van der Waals surface area contributed by atoms with E-state index >= 15 is 0 Å². The van der Waals surface area contributed by atoms with Crippen LogP contribution in [0.15, 0.2) is 48.5 Å². The number of nitrogen functional groups attached to an aromatic ring is 2. The second kappa shape index (κ2) is 7.95. The third-order valence-corrected chi connectivity index (χ3v) is 4.75. The standard InChI is InChI=1S/C20H26N2O2/c21-17-5-1-3-7-19(17)23-13-15-9-11-16(12-10-15)14-24-20-8-4-2-6-18(20)22/h1-8,15-16H,9-14,21-22H2. The van der Waals surface area contributed by atoms with E-state index in [0.29, 0.717) is 23.2 Å². The van der Waals surface area contributed by atoms with Crippen LogP contribution in [-0.2, 0) is 0 Å². The van der Waals surface area contributed by atoms with Gasteiger partial charge in [0.05, 0.1) is 24.6 Å². The first-order valence-corrected chi connectivity index (χ1v) is 8.67. The Morgan fingerprint density at radius 3 is 1.42 bits per heavy atom. The van der Waals surface area contributed by atoms with Gasteiger partial charge in [0.15, 0.2) is 0 Å². The Labute approximate surface area is 143 Å². The van der Waals surface area contributed by atoms with Crippen LogP contribution >= 0.6 is 0 Å². The minimum Gasteiger partial charge on any atom is -0.491 e. The molecule has 4 heteroatoms. The summed E-state index contributed by atoms with van der Waals surface area (Å²) in [6.45, 7) is 1.49. The van der Waals surface area contributed by atoms with E-state index < -0.39 is 0 Å². The molecular weight excluding hydrogens is 300 g/mol. The molecule has 0 aliphatic heterocycles. The number of nitrogens with two attached hydrogens (primary N) is 2. The molecule has 0 unspecified atom stereocenters. The van der Waals surface area contributed by atoms with Crippen LogP contribution in [0, 0.1) is 11.8 Å². The molecule has 1 aliphatic carbocycles. The van der Waals surface area contributed by atoms with Crippen LogP contribution in [-0.4, -0.2) is 13.2 Å². The highest BCUT2D eigenvalue weighted by atomic mass is 16.5. The molecule has 0 atom stereocenters. The molecule has 0 aromatic heterocycles. The lowest BCUT2D eigenvalue weighted by atomic mass is 9.83. The Morgan fingerprint density at radius 2 is 1.04 bits per heavy atom. The van der Waals surface area contributed by atoms with Gasteiger partial charge in [-0.05, 0) is 61.8 Å². The summed E-state index contributed by atoms with van der Waals surface area (Å²) in [5, 5.41) is 0. The molecule has 0 spiro atoms. The largest absolute Gasteiger partial charge is 0.491 e. The van der Waals surface area contributed by atoms with Crippen LogP contribution in [0.2, 0.25) is 0 Å². The summed E-state index contributed by atoms with van der Waals surface area (Å²) in [5.74, 6) is 2.79. The first-order valence-electron chi connectivity index (χ1n) is 8.67. The zero-order valence-corrected chi connectivity index (χ0v) is 14.0. The molecular formula is C20H26N2O2. The van der Waals surface area contributed by atoms with Crippen LogP contribution < -0.4 is 20.9 Å². The molecule has 1 saturated carbocycles. The van der Waals surface area contributed by atoms with Crippen molar-refractivity contribution in [1.82, 2.24) is 0 Å². The van der Waals surface area contributed by atoms with Crippen LogP contribution in [0.5, 0.6) is 11.5 Å². The fourth-order valence-electron chi connectivity index (χ4n) is 3.20. The molecule has 0 heterocycles. The number of hydrogen-bond donors (Lipinski definition) is 2. The maximum absolute atomic E-state index is 5.91. The van der Waals surface area contributed by atoms with E-state index in [2.05, 4.69) is 0 Å². The van der Waals surface area contributed by atoms with Crippen molar-refractivity contribution in [1.29, 1.82) is 0 Å². The Morgan fingerprint density at radius 1 is 0.667 bits per heavy atom. The normalized spacial score (nSPS) is 20.5. The lowest BCUT2D eigenvalue weighted by Crippen LogP contribution is -2.23. The number of benzene rings is 2. The summed E-state index contributed by atoms with van der Waals surface area (Å²) in [6, 6.07) is 15.4. The molecule has 0 amide bonds. The van der Waals surface area contributed by atoms with Crippen molar-refractivity contribution in [3.63, 3.8) is 0 Å². The number of hydrogen-bond acceptors (Lipinski definition) is 4. The van der Waals surface area contributed by atoms with Crippen LogP contribution in [0.25, 0.3) is 0 Å². The van der Waals surface area contributed by atoms with Gasteiger partial charge in [0.25, 0.3) is 0 Å². The van der Waals surface area contributed by atoms with Gasteiger partial charge < -0.3 is 20.9 Å². The monoisotopic (exact) mass is 326 g/mol. The van der Waals surface area contributed by atoms with Crippen molar-refractivity contribution in [2.24, 2.45) is 11.8 Å². The molecule has 128 valence electrons. The fraction of sp³-hybridized carbons (Fsp3) is 0.400. The highest BCUT2D eigenvalue weighted by Gasteiger charge is 2.22. The van der Waals surface area contributed by atoms with E-state index in [1.54, 1.807) is 0 Å². The summed E-state index contributed by atoms with van der Waals surface area (Å²) < 4.78 is 11.8. The average Bonchev–Trinajstić information content (AvgIpc) is 2.61. The quantitative estimate of drug-likeness (QED) is 0.784. The molecule has 1 fully saturated rings. The van der Waals surface area contributed by atoms with Crippen molar-refractivity contribution in [3.8, 4) is 11.5 Å². The van der Waals surface area contributed by atoms with Gasteiger partial charge in [0, 0.05) is 0 Å². The second-order valence-electron chi connectivity index (χ2n) is 6.58. The SMILES string of the molecule is Nc1ccccc1OCC1CCC(COc2ccccc2N)CC1. The van der Waals surface area contributed by atoms with Gasteiger partial charge >= 0.3 is 0 Å². The van der Waals surface area contributed by atoms with E-state index in [9.17, 15) is 0 Å². The molecule has 0 radical (unpaired) electrons. The zero-order chi connectivity index (χ0) is 16.8. The van der Waals surface area contributed by atoms with E-state index in [1.165, 1.54) is 25.7 Å². The van der Waals surface area contributed by atoms with Crippen molar-refractivity contribution < 1.29 is 9.47 Å². The van der Waals surface area contributed by atoms with Gasteiger partial charge in [0.2, 0.25) is 0 Å². The molecule has 4 nitrogen and oxygen atoms in total. The topological polar surface area (TPSA) is 70.5 Å². The highest BCUT2D eigenvalue weighted by Crippen LogP contribution is 2.31. The van der Waals surface area contributed by atoms with E-state index in [1.807, 2.05) is 48.5 Å². The van der Waals surface area contributed by atoms with Crippen molar-refractivity contribution >= 4 is 11.4 Å². The third kappa shape index (κ3) is 4.34. The van der Waals surface area contributed by atoms with E-state index in [0.717, 1.165) is 24.7 Å². The van der Waals surface area contributed by atoms with Crippen molar-refractivity contribution in [2.45, 2.75) is 25.7 Å². The van der Waals surface area contributed by atoms with Gasteiger partial charge in [-0.3, -0.25) is 0 Å². The predicted octanol–water partition coefficient (Wildman–Crippen LogP) is 4.12. The molecule has 1 aliphatic rings. The molecule has 0 saturated heterocycles. The average molecular weight is 326 g/mol. The number of para-hydroxylation sites is 4. The number of anilines is 2. The Kier molecular flexibility index (Phi) is 5.47. The minimum absolute atomic E-state index is 0.600. The first-order chi connectivity index (χ1) is 11.7. The summed E-state index contributed by atoms with van der Waals surface area (Å²) in [6.07, 6.45) is 4.69. The van der Waals surface area contributed by atoms with Gasteiger partial charge in [-0.25, -0.2) is 0 Å². The van der Waals surface area contributed by atoms with Crippen LogP contribution in [0.4, 0.5) is 11.4 Å². The predicted molar refractivity (Wildman–Crippen MR) is 98.1 cm³/mol. The van der Waals surface area contributed by atoms with Crippen molar-refractivity contribution in [2.75, 3.05) is 24.7 Å². The maximum atomic E-state index is 5.91. The van der Waals surface area contributed by atoms with Gasteiger partial charge in [-0.2, -0.15) is 0 Å². The molecule has 4 N–H and O–H groups in total. The van der Waals surface area contributed by atoms with Gasteiger partial charge in [-0.15, -0.1) is 0 Å². The zero-order valence-electron chi connectivity index (χ0n) is 14.0. The molecule has 2 aromatic rings. The summed E-state index contributed by atoms with van der Waals surface area (Å²) in [4.78, 5) is 0. The first kappa shape index (κ1) is 16.5. The summed E-state index contributed by atoms with van der Waals surface area (Å²) >= 11 is 0. The van der Waals surface area contributed by atoms with Gasteiger partial charge in [0.1, 0.15) is 11.5 Å². The van der Waals surface area contributed by atoms with Gasteiger partial charge in [-0.1, -0.05) is 24.3 Å². The lowest BCUT2D eigenvalue weighted by Gasteiger charge is -2.28. The van der Waals surface area contributed by atoms with E-state index in [4.69, 9.17) is 20.9 Å². The minimum atomic E-state index is 0.600. The molecule has 2 aromatic carbocycles. The van der Waals surface area contributed by atoms with Crippen molar-refractivity contribution in [3.05, 3.63) is 48.5 Å². The molecule has 3 rings (SSSR count). The number of rotatable bonds is 6. The second-order valence-corrected chi connectivity index (χ2v) is 6.58. The summed E-state index contributed by atoms with van der Waals surface area (Å²) in [7, 11) is 0. The van der Waals surface area contributed by atoms with E-state index in [-0.39, 0.29) is 0 Å². The Balaban J connectivity index is 1.40. The fourth-order valence-corrected chi connectivity index (χ4v) is 3.20. The summed E-state index contributed by atoms with van der Waals surface area (Å²) in [5.41, 5.74) is 13.2. The molecule has 0 bridgehead atoms. The van der Waals surface area contributed by atoms with Crippen LogP contribution in [0.3, 0.4) is 0 Å². The smallest absolute Gasteiger partial charge is 0.142 e. The Bertz CT molecular complexity index is 594. The maximum Gasteiger partial charge on any atom is 0.142 e. The lowest BCUT2D eigenvalue weighted by molar-refractivity contribution is 0.149. The number of ether oxygens (including phenoxy) is 2. The Hall–Kier alpha value is -2.36. The third-order valence-electron chi connectivity index (χ3n) is 4.75. The highest BCUT2D eigenvalue weighted by molar-refractivity contribution is 5.52.